The Balaban J connectivity index is 1.82. The highest BCUT2D eigenvalue weighted by Gasteiger charge is 2.35. The minimum Gasteiger partial charge on any atom is -0.497 e. The number of nitro benzene ring substituents is 1. The van der Waals surface area contributed by atoms with Crippen LogP contribution in [0.25, 0.3) is 0 Å². The predicted octanol–water partition coefficient (Wildman–Crippen LogP) is 5.97. The number of anilines is 1. The zero-order valence-corrected chi connectivity index (χ0v) is 29.0. The van der Waals surface area contributed by atoms with E-state index in [4.69, 9.17) is 4.74 Å². The quantitative estimate of drug-likeness (QED) is 0.0870. The third-order valence-electron chi connectivity index (χ3n) is 8.18. The maximum atomic E-state index is 14.6. The molecule has 0 saturated heterocycles. The van der Waals surface area contributed by atoms with Crippen molar-refractivity contribution in [2.45, 2.75) is 57.5 Å². The number of carbonyl (C=O) groups is 2. The Bertz CT molecular complexity index is 1850. The Kier molecular flexibility index (Phi) is 12.5. The molecule has 12 heteroatoms. The van der Waals surface area contributed by atoms with Crippen LogP contribution < -0.4 is 14.4 Å². The van der Waals surface area contributed by atoms with Crippen molar-refractivity contribution in [1.29, 1.82) is 0 Å². The molecular weight excluding hydrogens is 644 g/mol. The zero-order valence-electron chi connectivity index (χ0n) is 28.2. The van der Waals surface area contributed by atoms with Gasteiger partial charge in [-0.3, -0.25) is 24.0 Å². The summed E-state index contributed by atoms with van der Waals surface area (Å²) < 4.78 is 34.8. The van der Waals surface area contributed by atoms with Crippen molar-refractivity contribution in [3.05, 3.63) is 129 Å². The summed E-state index contributed by atoms with van der Waals surface area (Å²) in [5, 5.41) is 14.7. The van der Waals surface area contributed by atoms with E-state index in [0.29, 0.717) is 12.3 Å². The predicted molar refractivity (Wildman–Crippen MR) is 189 cm³/mol. The van der Waals surface area contributed by atoms with Gasteiger partial charge in [-0.2, -0.15) is 0 Å². The van der Waals surface area contributed by atoms with Gasteiger partial charge in [0.25, 0.3) is 15.7 Å². The molecule has 4 aromatic carbocycles. The van der Waals surface area contributed by atoms with Gasteiger partial charge in [-0.15, -0.1) is 0 Å². The number of sulfonamides is 1. The minimum absolute atomic E-state index is 0.0321. The fourth-order valence-electron chi connectivity index (χ4n) is 5.30. The van der Waals surface area contributed by atoms with Crippen molar-refractivity contribution < 1.29 is 27.7 Å². The number of aryl methyl sites for hydroxylation is 2. The Morgan fingerprint density at radius 2 is 1.59 bits per heavy atom. The van der Waals surface area contributed by atoms with Crippen molar-refractivity contribution in [1.82, 2.24) is 10.2 Å². The second kappa shape index (κ2) is 16.7. The number of benzene rings is 4. The molecule has 0 saturated carbocycles. The lowest BCUT2D eigenvalue weighted by molar-refractivity contribution is -0.385. The summed E-state index contributed by atoms with van der Waals surface area (Å²) in [6.45, 7) is 5.24. The van der Waals surface area contributed by atoms with E-state index < -0.39 is 33.4 Å². The summed E-state index contributed by atoms with van der Waals surface area (Å²) in [5.74, 6) is -0.523. The van der Waals surface area contributed by atoms with Crippen molar-refractivity contribution in [3.63, 3.8) is 0 Å². The summed E-state index contributed by atoms with van der Waals surface area (Å²) in [6, 6.07) is 25.6. The molecule has 4 rings (SSSR count). The molecule has 0 aliphatic carbocycles. The topological polar surface area (TPSA) is 139 Å². The van der Waals surface area contributed by atoms with Gasteiger partial charge in [0, 0.05) is 31.1 Å². The molecule has 0 aromatic heterocycles. The van der Waals surface area contributed by atoms with E-state index in [2.05, 4.69) is 5.32 Å². The monoisotopic (exact) mass is 686 g/mol. The summed E-state index contributed by atoms with van der Waals surface area (Å²) in [6.07, 6.45) is 1.80. The van der Waals surface area contributed by atoms with Crippen molar-refractivity contribution in [3.8, 4) is 5.75 Å². The van der Waals surface area contributed by atoms with Crippen LogP contribution >= 0.6 is 0 Å². The number of methoxy groups -OCH3 is 1. The maximum Gasteiger partial charge on any atom is 0.273 e. The van der Waals surface area contributed by atoms with Gasteiger partial charge in [0.15, 0.2) is 0 Å². The number of unbranched alkanes of at least 4 members (excludes halogenated alkanes) is 1. The fourth-order valence-corrected chi connectivity index (χ4v) is 6.74. The van der Waals surface area contributed by atoms with E-state index in [9.17, 15) is 28.1 Å². The molecule has 2 amide bonds. The molecule has 0 radical (unpaired) electrons. The number of ether oxygens (including phenoxy) is 1. The number of nitro groups is 1. The fraction of sp³-hybridized carbons (Fsp3) is 0.297. The maximum absolute atomic E-state index is 14.6. The number of rotatable bonds is 16. The number of carbonyl (C=O) groups excluding carboxylic acids is 2. The Morgan fingerprint density at radius 3 is 2.20 bits per heavy atom. The largest absolute Gasteiger partial charge is 0.497 e. The highest BCUT2D eigenvalue weighted by molar-refractivity contribution is 7.92. The minimum atomic E-state index is -4.54. The van der Waals surface area contributed by atoms with E-state index in [0.717, 1.165) is 39.9 Å². The van der Waals surface area contributed by atoms with Crippen molar-refractivity contribution in [2.24, 2.45) is 0 Å². The molecule has 0 spiro atoms. The summed E-state index contributed by atoms with van der Waals surface area (Å²) in [5.41, 5.74) is 2.66. The first kappa shape index (κ1) is 36.6. The zero-order chi connectivity index (χ0) is 35.6. The molecule has 4 aromatic rings. The Labute approximate surface area is 287 Å². The number of hydrogen-bond donors (Lipinski definition) is 1. The Hall–Kier alpha value is -5.23. The average Bonchev–Trinajstić information content (AvgIpc) is 3.10. The van der Waals surface area contributed by atoms with Gasteiger partial charge in [-0.1, -0.05) is 79.6 Å². The van der Waals surface area contributed by atoms with Gasteiger partial charge in [0.2, 0.25) is 11.8 Å². The molecule has 0 bridgehead atoms. The number of hydrogen-bond acceptors (Lipinski definition) is 7. The summed E-state index contributed by atoms with van der Waals surface area (Å²) >= 11 is 0. The molecule has 0 unspecified atom stereocenters. The van der Waals surface area contributed by atoms with Crippen LogP contribution in [0.5, 0.6) is 5.75 Å². The van der Waals surface area contributed by atoms with Gasteiger partial charge in [-0.25, -0.2) is 8.42 Å². The molecule has 258 valence electrons. The Morgan fingerprint density at radius 1 is 0.918 bits per heavy atom. The first-order valence-electron chi connectivity index (χ1n) is 16.0. The lowest BCUT2D eigenvalue weighted by atomic mass is 10.0. The number of nitrogens with one attached hydrogen (secondary N) is 1. The van der Waals surface area contributed by atoms with Crippen LogP contribution in [0.1, 0.15) is 42.0 Å². The van der Waals surface area contributed by atoms with Gasteiger partial charge in [0.05, 0.1) is 22.6 Å². The molecule has 0 aliphatic rings. The highest BCUT2D eigenvalue weighted by atomic mass is 32.2. The molecular formula is C37H42N4O7S. The smallest absolute Gasteiger partial charge is 0.273 e. The van der Waals surface area contributed by atoms with Crippen molar-refractivity contribution >= 4 is 33.2 Å². The normalized spacial score (nSPS) is 11.8. The molecule has 1 N–H and O–H groups in total. The SMILES string of the molecule is CCCCNC(=O)[C@@H](Cc1ccccc1)N(Cc1ccc(C)cc1)C(=O)CN(c1ccc(OC)cc1)S(=O)(=O)c1ccc(C)c([N+](=O)[O-])c1. The summed E-state index contributed by atoms with van der Waals surface area (Å²) in [7, 11) is -3.06. The van der Waals surface area contributed by atoms with Crippen LogP contribution in [0.2, 0.25) is 0 Å². The van der Waals surface area contributed by atoms with E-state index in [1.807, 2.05) is 68.4 Å². The number of amides is 2. The third-order valence-corrected chi connectivity index (χ3v) is 9.95. The molecule has 0 heterocycles. The van der Waals surface area contributed by atoms with E-state index in [1.54, 1.807) is 12.1 Å². The highest BCUT2D eigenvalue weighted by Crippen LogP contribution is 2.30. The molecule has 49 heavy (non-hydrogen) atoms. The van der Waals surface area contributed by atoms with Crippen LogP contribution in [0.15, 0.2) is 102 Å². The molecule has 11 nitrogen and oxygen atoms in total. The van der Waals surface area contributed by atoms with E-state index >= 15 is 0 Å². The van der Waals surface area contributed by atoms with Gasteiger partial charge in [0.1, 0.15) is 18.3 Å². The summed E-state index contributed by atoms with van der Waals surface area (Å²) in [4.78, 5) is 40.6. The van der Waals surface area contributed by atoms with E-state index in [-0.39, 0.29) is 40.7 Å². The molecule has 0 aliphatic heterocycles. The average molecular weight is 687 g/mol. The molecule has 0 fully saturated rings. The lowest BCUT2D eigenvalue weighted by Crippen LogP contribution is -2.53. The van der Waals surface area contributed by atoms with Crippen LogP contribution in [0.4, 0.5) is 11.4 Å². The van der Waals surface area contributed by atoms with E-state index in [1.165, 1.54) is 43.2 Å². The third kappa shape index (κ3) is 9.44. The van der Waals surface area contributed by atoms with Crippen LogP contribution in [0.3, 0.4) is 0 Å². The standard InChI is InChI=1S/C37H42N4O7S/c1-5-6-22-38-37(43)35(23-29-10-8-7-9-11-29)39(25-30-15-12-27(2)13-16-30)36(42)26-40(31-17-19-32(48-4)20-18-31)49(46,47)33-21-14-28(3)34(24-33)41(44)45/h7-21,24,35H,5-6,22-23,25-26H2,1-4H3,(H,38,43)/t35-/m1/s1. The first-order chi connectivity index (χ1) is 23.4. The molecule has 1 atom stereocenters. The van der Waals surface area contributed by atoms with Gasteiger partial charge < -0.3 is 15.0 Å². The second-order valence-corrected chi connectivity index (χ2v) is 13.6. The van der Waals surface area contributed by atoms with Gasteiger partial charge >= 0.3 is 0 Å². The van der Waals surface area contributed by atoms with Crippen molar-refractivity contribution in [2.75, 3.05) is 24.5 Å². The van der Waals surface area contributed by atoms with Crippen LogP contribution in [-0.2, 0) is 32.6 Å². The van der Waals surface area contributed by atoms with Gasteiger partial charge in [-0.05, 0) is 61.7 Å². The first-order valence-corrected chi connectivity index (χ1v) is 17.5. The lowest BCUT2D eigenvalue weighted by Gasteiger charge is -2.34. The second-order valence-electron chi connectivity index (χ2n) is 11.8. The number of nitrogens with zero attached hydrogens (tertiary/aromatic N) is 3. The van der Waals surface area contributed by atoms with Crippen LogP contribution in [0, 0.1) is 24.0 Å². The van der Waals surface area contributed by atoms with Crippen LogP contribution in [-0.4, -0.2) is 56.3 Å².